The molecule has 1 saturated carbocycles. The number of hydrogen-bond acceptors (Lipinski definition) is 3. The molecular formula is C16H23NO3. The van der Waals surface area contributed by atoms with Gasteiger partial charge in [-0.1, -0.05) is 31.2 Å². The third-order valence-corrected chi connectivity index (χ3v) is 3.65. The van der Waals surface area contributed by atoms with E-state index in [9.17, 15) is 4.79 Å². The highest BCUT2D eigenvalue weighted by atomic mass is 16.6. The Kier molecular flexibility index (Phi) is 5.01. The lowest BCUT2D eigenvalue weighted by atomic mass is 9.98. The smallest absolute Gasteiger partial charge is 0.407 e. The zero-order valence-electron chi connectivity index (χ0n) is 12.4. The molecule has 20 heavy (non-hydrogen) atoms. The van der Waals surface area contributed by atoms with Gasteiger partial charge in [0.2, 0.25) is 0 Å². The van der Waals surface area contributed by atoms with Gasteiger partial charge in [-0.2, -0.15) is 0 Å². The molecule has 2 rings (SSSR count). The fraction of sp³-hybridized carbons (Fsp3) is 0.562. The quantitative estimate of drug-likeness (QED) is 0.867. The summed E-state index contributed by atoms with van der Waals surface area (Å²) < 4.78 is 11.1. The number of hydrogen-bond donors (Lipinski definition) is 1. The van der Waals surface area contributed by atoms with Crippen molar-refractivity contribution < 1.29 is 14.3 Å². The van der Waals surface area contributed by atoms with Crippen LogP contribution in [0.15, 0.2) is 24.3 Å². The summed E-state index contributed by atoms with van der Waals surface area (Å²) in [6, 6.07) is 8.34. The fourth-order valence-electron chi connectivity index (χ4n) is 2.31. The molecule has 0 aromatic heterocycles. The van der Waals surface area contributed by atoms with Crippen molar-refractivity contribution in [3.8, 4) is 0 Å². The van der Waals surface area contributed by atoms with E-state index in [0.29, 0.717) is 12.5 Å². The fourth-order valence-corrected chi connectivity index (χ4v) is 2.31. The van der Waals surface area contributed by atoms with Crippen molar-refractivity contribution in [3.63, 3.8) is 0 Å². The second-order valence-electron chi connectivity index (χ2n) is 5.28. The maximum Gasteiger partial charge on any atom is 0.407 e. The van der Waals surface area contributed by atoms with Crippen molar-refractivity contribution in [1.29, 1.82) is 0 Å². The Morgan fingerprint density at radius 3 is 2.65 bits per heavy atom. The molecule has 1 amide bonds. The number of carbonyl (C=O) groups is 1. The SMILES string of the molecule is CCC(OC(=O)NC1CC1)C(OC)c1ccccc1C. The van der Waals surface area contributed by atoms with E-state index >= 15 is 0 Å². The van der Waals surface area contributed by atoms with E-state index in [-0.39, 0.29) is 18.3 Å². The van der Waals surface area contributed by atoms with E-state index in [1.807, 2.05) is 38.1 Å². The maximum atomic E-state index is 11.8. The summed E-state index contributed by atoms with van der Waals surface area (Å²) in [7, 11) is 1.65. The van der Waals surface area contributed by atoms with Crippen molar-refractivity contribution in [2.45, 2.75) is 51.4 Å². The molecule has 2 unspecified atom stereocenters. The third kappa shape index (κ3) is 3.73. The molecule has 1 N–H and O–H groups in total. The van der Waals surface area contributed by atoms with E-state index < -0.39 is 0 Å². The van der Waals surface area contributed by atoms with Crippen LogP contribution in [-0.2, 0) is 9.47 Å². The molecule has 1 aliphatic carbocycles. The molecule has 2 atom stereocenters. The van der Waals surface area contributed by atoms with Crippen LogP contribution in [-0.4, -0.2) is 25.3 Å². The highest BCUT2D eigenvalue weighted by Gasteiger charge is 2.29. The van der Waals surface area contributed by atoms with Crippen molar-refractivity contribution in [2.75, 3.05) is 7.11 Å². The van der Waals surface area contributed by atoms with Crippen molar-refractivity contribution in [2.24, 2.45) is 0 Å². The number of alkyl carbamates (subject to hydrolysis) is 1. The number of methoxy groups -OCH3 is 1. The van der Waals surface area contributed by atoms with Gasteiger partial charge in [-0.25, -0.2) is 4.79 Å². The summed E-state index contributed by atoms with van der Waals surface area (Å²) in [6.45, 7) is 4.04. The molecule has 1 fully saturated rings. The van der Waals surface area contributed by atoms with Crippen molar-refractivity contribution >= 4 is 6.09 Å². The van der Waals surface area contributed by atoms with E-state index in [0.717, 1.165) is 24.0 Å². The highest BCUT2D eigenvalue weighted by Crippen LogP contribution is 2.28. The number of rotatable bonds is 6. The lowest BCUT2D eigenvalue weighted by Crippen LogP contribution is -2.33. The van der Waals surface area contributed by atoms with Gasteiger partial charge in [0, 0.05) is 13.2 Å². The second-order valence-corrected chi connectivity index (χ2v) is 5.28. The molecule has 110 valence electrons. The van der Waals surface area contributed by atoms with Gasteiger partial charge in [0.25, 0.3) is 0 Å². The van der Waals surface area contributed by atoms with Crippen LogP contribution in [0, 0.1) is 6.92 Å². The Hall–Kier alpha value is -1.55. The van der Waals surface area contributed by atoms with Gasteiger partial charge in [-0.15, -0.1) is 0 Å². The predicted octanol–water partition coefficient (Wildman–Crippen LogP) is 3.35. The molecule has 1 aromatic rings. The summed E-state index contributed by atoms with van der Waals surface area (Å²) in [5.41, 5.74) is 2.21. The number of amides is 1. The summed E-state index contributed by atoms with van der Waals surface area (Å²) in [6.07, 6.45) is 1.97. The number of nitrogens with one attached hydrogen (secondary N) is 1. The van der Waals surface area contributed by atoms with Crippen LogP contribution in [0.2, 0.25) is 0 Å². The van der Waals surface area contributed by atoms with Crippen LogP contribution in [0.1, 0.15) is 43.4 Å². The number of benzene rings is 1. The highest BCUT2D eigenvalue weighted by molar-refractivity contribution is 5.68. The zero-order chi connectivity index (χ0) is 14.5. The lowest BCUT2D eigenvalue weighted by molar-refractivity contribution is -0.0257. The van der Waals surface area contributed by atoms with Gasteiger partial charge < -0.3 is 14.8 Å². The Labute approximate surface area is 120 Å². The zero-order valence-corrected chi connectivity index (χ0v) is 12.4. The van der Waals surface area contributed by atoms with Crippen LogP contribution in [0.5, 0.6) is 0 Å². The first-order valence-electron chi connectivity index (χ1n) is 7.21. The largest absolute Gasteiger partial charge is 0.443 e. The van der Waals surface area contributed by atoms with Crippen LogP contribution in [0.25, 0.3) is 0 Å². The van der Waals surface area contributed by atoms with Crippen LogP contribution in [0.3, 0.4) is 0 Å². The second kappa shape index (κ2) is 6.75. The van der Waals surface area contributed by atoms with Crippen LogP contribution in [0.4, 0.5) is 4.79 Å². The molecule has 0 spiro atoms. The Bertz CT molecular complexity index is 457. The molecular weight excluding hydrogens is 254 g/mol. The Morgan fingerprint density at radius 1 is 1.40 bits per heavy atom. The maximum absolute atomic E-state index is 11.8. The molecule has 0 saturated heterocycles. The van der Waals surface area contributed by atoms with Gasteiger partial charge in [0.05, 0.1) is 0 Å². The first-order chi connectivity index (χ1) is 9.65. The molecule has 1 aliphatic rings. The molecule has 0 aliphatic heterocycles. The third-order valence-electron chi connectivity index (χ3n) is 3.65. The summed E-state index contributed by atoms with van der Waals surface area (Å²) in [5.74, 6) is 0. The van der Waals surface area contributed by atoms with Gasteiger partial charge in [-0.05, 0) is 37.3 Å². The first kappa shape index (κ1) is 14.9. The van der Waals surface area contributed by atoms with E-state index in [4.69, 9.17) is 9.47 Å². The minimum atomic E-state index is -0.338. The Morgan fingerprint density at radius 2 is 2.10 bits per heavy atom. The van der Waals surface area contributed by atoms with Gasteiger partial charge in [0.1, 0.15) is 12.2 Å². The molecule has 0 radical (unpaired) electrons. The van der Waals surface area contributed by atoms with Crippen molar-refractivity contribution in [3.05, 3.63) is 35.4 Å². The van der Waals surface area contributed by atoms with Gasteiger partial charge in [-0.3, -0.25) is 0 Å². The molecule has 0 heterocycles. The topological polar surface area (TPSA) is 47.6 Å². The molecule has 1 aromatic carbocycles. The average molecular weight is 277 g/mol. The van der Waals surface area contributed by atoms with Gasteiger partial charge in [0.15, 0.2) is 0 Å². The first-order valence-corrected chi connectivity index (χ1v) is 7.21. The summed E-state index contributed by atoms with van der Waals surface area (Å²) >= 11 is 0. The molecule has 4 heteroatoms. The molecule has 4 nitrogen and oxygen atoms in total. The number of carbonyl (C=O) groups excluding carboxylic acids is 1. The van der Waals surface area contributed by atoms with Crippen LogP contribution >= 0.6 is 0 Å². The minimum Gasteiger partial charge on any atom is -0.443 e. The average Bonchev–Trinajstić information content (AvgIpc) is 3.24. The lowest BCUT2D eigenvalue weighted by Gasteiger charge is -2.26. The predicted molar refractivity (Wildman–Crippen MR) is 77.6 cm³/mol. The number of aryl methyl sites for hydroxylation is 1. The standard InChI is InChI=1S/C16H23NO3/c1-4-14(20-16(18)17-12-9-10-12)15(19-3)13-8-6-5-7-11(13)2/h5-8,12,14-15H,4,9-10H2,1-3H3,(H,17,18). The van der Waals surface area contributed by atoms with Crippen LogP contribution < -0.4 is 5.32 Å². The molecule has 0 bridgehead atoms. The van der Waals surface area contributed by atoms with Gasteiger partial charge >= 0.3 is 6.09 Å². The van der Waals surface area contributed by atoms with E-state index in [1.165, 1.54) is 0 Å². The number of ether oxygens (including phenoxy) is 2. The normalized spacial score (nSPS) is 17.4. The Balaban J connectivity index is 2.06. The van der Waals surface area contributed by atoms with E-state index in [2.05, 4.69) is 5.32 Å². The van der Waals surface area contributed by atoms with E-state index in [1.54, 1.807) is 7.11 Å². The summed E-state index contributed by atoms with van der Waals surface area (Å²) in [4.78, 5) is 11.8. The van der Waals surface area contributed by atoms with Crippen molar-refractivity contribution in [1.82, 2.24) is 5.32 Å². The monoisotopic (exact) mass is 277 g/mol. The minimum absolute atomic E-state index is 0.230. The summed E-state index contributed by atoms with van der Waals surface area (Å²) in [5, 5.41) is 2.85.